The van der Waals surface area contributed by atoms with E-state index in [4.69, 9.17) is 5.11 Å². The summed E-state index contributed by atoms with van der Waals surface area (Å²) in [6.45, 7) is 4.04. The normalized spacial score (nSPS) is 8.58. The first-order chi connectivity index (χ1) is 4.72. The fourth-order valence-corrected chi connectivity index (χ4v) is 1.09. The van der Waals surface area contributed by atoms with E-state index in [0.29, 0.717) is 0 Å². The van der Waals surface area contributed by atoms with Gasteiger partial charge in [0.25, 0.3) is 0 Å². The molecule has 0 aromatic heterocycles. The summed E-state index contributed by atoms with van der Waals surface area (Å²) >= 11 is 0. The minimum absolute atomic E-state index is 0. The molecular formula is C8H20MgO3. The zero-order chi connectivity index (χ0) is 7.98. The summed E-state index contributed by atoms with van der Waals surface area (Å²) < 4.78 is 0. The van der Waals surface area contributed by atoms with E-state index in [1.807, 2.05) is 13.8 Å². The third kappa shape index (κ3) is 8.29. The molecule has 0 aliphatic rings. The summed E-state index contributed by atoms with van der Waals surface area (Å²) in [6.07, 6.45) is 3.58. The second-order valence-electron chi connectivity index (χ2n) is 2.61. The van der Waals surface area contributed by atoms with Gasteiger partial charge in [-0.25, -0.2) is 0 Å². The van der Waals surface area contributed by atoms with Gasteiger partial charge >= 0.3 is 29.0 Å². The average Bonchev–Trinajstić information content (AvgIpc) is 1.87. The second-order valence-corrected chi connectivity index (χ2v) is 2.61. The number of hydrogen-bond acceptors (Lipinski definition) is 1. The number of carboxylic acids is 1. The summed E-state index contributed by atoms with van der Waals surface area (Å²) in [7, 11) is 0. The van der Waals surface area contributed by atoms with Crippen molar-refractivity contribution in [1.29, 1.82) is 0 Å². The van der Waals surface area contributed by atoms with E-state index < -0.39 is 5.97 Å². The van der Waals surface area contributed by atoms with Crippen molar-refractivity contribution < 1.29 is 18.2 Å². The maximum absolute atomic E-state index is 10.5. The van der Waals surface area contributed by atoms with E-state index in [1.165, 1.54) is 0 Å². The summed E-state index contributed by atoms with van der Waals surface area (Å²) in [4.78, 5) is 10.5. The molecule has 72 valence electrons. The molecule has 0 unspecified atom stereocenters. The smallest absolute Gasteiger partial charge is 1.00 e. The summed E-state index contributed by atoms with van der Waals surface area (Å²) in [5.74, 6) is -0.737. The predicted molar refractivity (Wildman–Crippen MR) is 52.5 cm³/mol. The topological polar surface area (TPSA) is 68.8 Å². The van der Waals surface area contributed by atoms with Gasteiger partial charge in [0.1, 0.15) is 0 Å². The van der Waals surface area contributed by atoms with Crippen LogP contribution in [0.3, 0.4) is 0 Å². The van der Waals surface area contributed by atoms with E-state index in [1.54, 1.807) is 0 Å². The van der Waals surface area contributed by atoms with Gasteiger partial charge in [0, 0.05) is 0 Å². The van der Waals surface area contributed by atoms with Gasteiger partial charge in [-0.15, -0.1) is 0 Å². The molecule has 0 bridgehead atoms. The molecule has 0 amide bonds. The Kier molecular flexibility index (Phi) is 16.9. The standard InChI is InChI=1S/C8H16O2.Mg.H2O.2H/c1-3-5-7(6-4-2)8(9)10;;;;/h7H,3-6H2,1-2H3,(H,9,10);;1H2;;/q;+2;;2*-1. The van der Waals surface area contributed by atoms with Crippen molar-refractivity contribution >= 4 is 29.0 Å². The summed E-state index contributed by atoms with van der Waals surface area (Å²) in [5, 5.41) is 8.64. The Morgan fingerprint density at radius 3 is 1.83 bits per heavy atom. The van der Waals surface area contributed by atoms with Crippen LogP contribution >= 0.6 is 0 Å². The van der Waals surface area contributed by atoms with Gasteiger partial charge < -0.3 is 13.4 Å². The first kappa shape index (κ1) is 18.1. The molecule has 0 radical (unpaired) electrons. The van der Waals surface area contributed by atoms with Gasteiger partial charge in [-0.3, -0.25) is 4.79 Å². The minimum atomic E-state index is -0.635. The van der Waals surface area contributed by atoms with Crippen LogP contribution in [-0.2, 0) is 4.79 Å². The number of aliphatic carboxylic acids is 1. The van der Waals surface area contributed by atoms with Crippen molar-refractivity contribution in [3.63, 3.8) is 0 Å². The molecule has 0 spiro atoms. The maximum atomic E-state index is 10.5. The number of rotatable bonds is 5. The van der Waals surface area contributed by atoms with Crippen LogP contribution in [0.25, 0.3) is 0 Å². The second kappa shape index (κ2) is 11.2. The number of hydrogen-bond donors (Lipinski definition) is 1. The molecule has 0 aromatic carbocycles. The molecule has 3 N–H and O–H groups in total. The van der Waals surface area contributed by atoms with Gasteiger partial charge in [0.15, 0.2) is 0 Å². The van der Waals surface area contributed by atoms with E-state index in [-0.39, 0.29) is 37.3 Å². The SMILES string of the molecule is CCCC(CCC)C(=O)O.O.[H-].[H-].[Mg+2]. The Bertz CT molecular complexity index is 109. The molecule has 0 saturated heterocycles. The van der Waals surface area contributed by atoms with E-state index in [0.717, 1.165) is 25.7 Å². The molecule has 0 aliphatic carbocycles. The van der Waals surface area contributed by atoms with Crippen molar-refractivity contribution in [3.8, 4) is 0 Å². The van der Waals surface area contributed by atoms with Crippen LogP contribution in [0, 0.1) is 5.92 Å². The monoisotopic (exact) mass is 188 g/mol. The van der Waals surface area contributed by atoms with E-state index in [9.17, 15) is 4.79 Å². The van der Waals surface area contributed by atoms with Gasteiger partial charge in [0.2, 0.25) is 0 Å². The summed E-state index contributed by atoms with van der Waals surface area (Å²) in [6, 6.07) is 0. The van der Waals surface area contributed by atoms with Crippen molar-refractivity contribution in [2.24, 2.45) is 5.92 Å². The Hall–Kier alpha value is 0.196. The van der Waals surface area contributed by atoms with Crippen LogP contribution in [0.15, 0.2) is 0 Å². The van der Waals surface area contributed by atoms with Crippen molar-refractivity contribution in [2.45, 2.75) is 39.5 Å². The molecule has 4 heteroatoms. The maximum Gasteiger partial charge on any atom is 2.00 e. The molecule has 0 aliphatic heterocycles. The molecule has 12 heavy (non-hydrogen) atoms. The van der Waals surface area contributed by atoms with Crippen LogP contribution in [0.5, 0.6) is 0 Å². The zero-order valence-corrected chi connectivity index (χ0v) is 9.38. The third-order valence-electron chi connectivity index (χ3n) is 1.62. The molecule has 0 aromatic rings. The van der Waals surface area contributed by atoms with E-state index >= 15 is 0 Å². The predicted octanol–water partition coefficient (Wildman–Crippen LogP) is 1.31. The first-order valence-electron chi connectivity index (χ1n) is 3.95. The fourth-order valence-electron chi connectivity index (χ4n) is 1.09. The van der Waals surface area contributed by atoms with Crippen molar-refractivity contribution in [1.82, 2.24) is 0 Å². The van der Waals surface area contributed by atoms with E-state index in [2.05, 4.69) is 0 Å². The minimum Gasteiger partial charge on any atom is -1.00 e. The molecule has 0 heterocycles. The van der Waals surface area contributed by atoms with Crippen LogP contribution in [-0.4, -0.2) is 39.6 Å². The Labute approximate surface area is 93.0 Å². The fraction of sp³-hybridized carbons (Fsp3) is 0.875. The Morgan fingerprint density at radius 1 is 1.33 bits per heavy atom. The number of carbonyl (C=O) groups is 1. The third-order valence-corrected chi connectivity index (χ3v) is 1.62. The summed E-state index contributed by atoms with van der Waals surface area (Å²) in [5.41, 5.74) is 0. The average molecular weight is 189 g/mol. The van der Waals surface area contributed by atoms with Crippen molar-refractivity contribution in [2.75, 3.05) is 0 Å². The number of carboxylic acid groups (broad SMARTS) is 1. The van der Waals surface area contributed by atoms with Crippen molar-refractivity contribution in [3.05, 3.63) is 0 Å². The Morgan fingerprint density at radius 2 is 1.67 bits per heavy atom. The largest absolute Gasteiger partial charge is 2.00 e. The van der Waals surface area contributed by atoms with Crippen LogP contribution in [0.4, 0.5) is 0 Å². The zero-order valence-electron chi connectivity index (χ0n) is 9.97. The quantitative estimate of drug-likeness (QED) is 0.661. The molecule has 0 fully saturated rings. The van der Waals surface area contributed by atoms with Crippen LogP contribution < -0.4 is 0 Å². The van der Waals surface area contributed by atoms with Gasteiger partial charge in [-0.2, -0.15) is 0 Å². The van der Waals surface area contributed by atoms with Gasteiger partial charge in [0.05, 0.1) is 5.92 Å². The van der Waals surface area contributed by atoms with Crippen LogP contribution in [0.1, 0.15) is 42.4 Å². The first-order valence-corrected chi connectivity index (χ1v) is 3.95. The molecule has 0 atom stereocenters. The van der Waals surface area contributed by atoms with Gasteiger partial charge in [-0.05, 0) is 12.8 Å². The molecule has 0 saturated carbocycles. The van der Waals surface area contributed by atoms with Gasteiger partial charge in [-0.1, -0.05) is 26.7 Å². The molecule has 0 rings (SSSR count). The van der Waals surface area contributed by atoms with Crippen LogP contribution in [0.2, 0.25) is 0 Å². The Balaban J connectivity index is -0.0000000675. The molecule has 3 nitrogen and oxygen atoms in total. The molecular weight excluding hydrogens is 168 g/mol.